The molecule has 12 saturated carbocycles. The second kappa shape index (κ2) is 33.2. The summed E-state index contributed by atoms with van der Waals surface area (Å²) in [4.78, 5) is 7.62. The van der Waals surface area contributed by atoms with E-state index in [0.717, 1.165) is 76.7 Å². The number of aromatic nitrogens is 1. The van der Waals surface area contributed by atoms with Crippen LogP contribution in [0.2, 0.25) is 0 Å². The first kappa shape index (κ1) is 85.6. The Morgan fingerprint density at radius 1 is 0.169 bits per heavy atom. The number of hydrogen-bond donors (Lipinski definition) is 0. The minimum absolute atomic E-state index is 0.165. The van der Waals surface area contributed by atoms with Crippen molar-refractivity contribution in [2.75, 3.05) is 14.7 Å². The number of benzene rings is 21. The van der Waals surface area contributed by atoms with E-state index in [1.807, 2.05) is 0 Å². The molecule has 15 aliphatic rings. The van der Waals surface area contributed by atoms with Gasteiger partial charge in [0.05, 0.1) is 39.5 Å². The highest BCUT2D eigenvalue weighted by molar-refractivity contribution is 6.17. The highest BCUT2D eigenvalue weighted by Gasteiger charge is 2.65. The van der Waals surface area contributed by atoms with E-state index in [-0.39, 0.29) is 16.2 Å². The molecule has 0 aliphatic heterocycles. The van der Waals surface area contributed by atoms with Crippen molar-refractivity contribution in [1.82, 2.24) is 4.57 Å². The molecule has 1 aromatic heterocycles. The molecule has 3 spiro atoms. The molecule has 0 radical (unpaired) electrons. The molecule has 148 heavy (non-hydrogen) atoms. The van der Waals surface area contributed by atoms with Crippen LogP contribution in [-0.4, -0.2) is 4.57 Å². The molecule has 0 saturated heterocycles. The summed E-state index contributed by atoms with van der Waals surface area (Å²) in [7, 11) is 0. The summed E-state index contributed by atoms with van der Waals surface area (Å²) in [5, 5.41) is 17.8. The topological polar surface area (TPSA) is 14.7 Å². The second-order valence-corrected chi connectivity index (χ2v) is 46.4. The van der Waals surface area contributed by atoms with E-state index in [1.165, 1.54) is 278 Å². The predicted molar refractivity (Wildman–Crippen MR) is 618 cm³/mol. The highest BCUT2D eigenvalue weighted by atomic mass is 15.2. The van der Waals surface area contributed by atoms with Gasteiger partial charge in [0.15, 0.2) is 0 Å². The zero-order chi connectivity index (χ0) is 96.8. The molecule has 12 fully saturated rings. The Morgan fingerprint density at radius 3 is 0.912 bits per heavy atom. The van der Waals surface area contributed by atoms with Gasteiger partial charge in [0.2, 0.25) is 0 Å². The fraction of sp³-hybridized carbons (Fsp3) is 0.208. The van der Waals surface area contributed by atoms with Crippen molar-refractivity contribution in [2.45, 2.75) is 113 Å². The molecular weight excluding hydrogens is 1790 g/mol. The molecule has 37 rings (SSSR count). The molecular formula is C144H116N4. The van der Waals surface area contributed by atoms with Crippen LogP contribution in [0.5, 0.6) is 0 Å². The van der Waals surface area contributed by atoms with Gasteiger partial charge in [0, 0.05) is 82.4 Å². The number of anilines is 9. The zero-order valence-corrected chi connectivity index (χ0v) is 83.5. The first-order valence-electron chi connectivity index (χ1n) is 55.4. The number of nitrogens with zero attached hydrogens (tertiary/aromatic N) is 4. The molecule has 712 valence electrons. The van der Waals surface area contributed by atoms with Crippen molar-refractivity contribution in [3.8, 4) is 50.2 Å². The SMILES string of the molecule is c1cc(N(c2ccc3c(c2)-c2ccccc2C32C3CC4CC(C3)CC2C4)c2cccc3ccccc23)cc(-n2c3ccccc3c3ccccc32)c1.c1ccc(-c2ccc(N(c3ccc4c(c3)-c3ccccc3C43C4CC5CC(C4)CC3C5)c3cccc4ccccc34)c3ccccc23)cc1.c1ccc2c(c1)-c1cc(N(c3cccc4ccccc34)c3cc4ccccc4c4ccccc34)ccc1C21C2CC3CC(C2)CC1C3. The van der Waals surface area contributed by atoms with Gasteiger partial charge in [-0.05, 0) is 380 Å². The third-order valence-corrected chi connectivity index (χ3v) is 39.6. The highest BCUT2D eigenvalue weighted by Crippen LogP contribution is 2.74. The molecule has 4 heteroatoms. The lowest BCUT2D eigenvalue weighted by Gasteiger charge is -2.61. The maximum Gasteiger partial charge on any atom is 0.0546 e. The number of fused-ring (bicyclic) bond motifs is 19. The molecule has 1 heterocycles. The Kier molecular flexibility index (Phi) is 19.2. The van der Waals surface area contributed by atoms with Crippen molar-refractivity contribution in [3.05, 3.63) is 482 Å². The van der Waals surface area contributed by atoms with Crippen LogP contribution in [-0.2, 0) is 16.2 Å². The van der Waals surface area contributed by atoms with E-state index in [9.17, 15) is 0 Å². The quantitative estimate of drug-likeness (QED) is 0.120. The Bertz CT molecular complexity index is 9070. The van der Waals surface area contributed by atoms with E-state index in [2.05, 4.69) is 468 Å². The molecule has 4 nitrogen and oxygen atoms in total. The summed E-state index contributed by atoms with van der Waals surface area (Å²) in [6.45, 7) is 0. The van der Waals surface area contributed by atoms with Crippen LogP contribution in [0.15, 0.2) is 449 Å². The van der Waals surface area contributed by atoms with Gasteiger partial charge in [0.1, 0.15) is 0 Å². The average molecular weight is 1900 g/mol. The standard InChI is InChI=1S/C50H40N2.C48H39N.C46H37N/c1-2-15-40-34(11-1)12-9-22-47(40)51(37-13-10-14-38(30-37)52-48-20-7-4-17-42(48)43-18-5-8-21-49(43)52)39-23-24-46-44(31-39)41-16-3-6-19-45(41)50(46)35-26-32-25-33(28-35)29-36(50)27-32;1-2-11-33(12-3-1)38-22-24-47(42-18-7-6-16-40(38)42)49(46-20-10-14-34-13-4-5-15-39(34)46)37-21-23-45-43(30-37)41-17-8-9-19-44(41)48(45)35-26-31-25-32(28-35)29-36(48)27-31;1-4-14-37-31(10-1)12-9-19-44(37)47(45-27-32-11-2-3-13-36(32)38-15-5-6-17-40(38)45)35-20-21-43-41(28-35)39-16-7-8-18-42(39)46(43)33-23-29-22-30(25-33)26-34(46)24-29/h1-24,30-33,35-36H,25-29H2;1-24,30-32,35-36H,25-29H2;1-21,27-30,33-34H,22-26H2. The first-order valence-corrected chi connectivity index (χ1v) is 55.4. The fourth-order valence-electron chi connectivity index (χ4n) is 34.8. The minimum atomic E-state index is 0.165. The maximum atomic E-state index is 2.56. The van der Waals surface area contributed by atoms with Crippen LogP contribution >= 0.6 is 0 Å². The third kappa shape index (κ3) is 12.5. The van der Waals surface area contributed by atoms with Crippen LogP contribution in [0.25, 0.3) is 137 Å². The van der Waals surface area contributed by atoms with Crippen molar-refractivity contribution in [3.63, 3.8) is 0 Å². The lowest BCUT2D eigenvalue weighted by atomic mass is 9.43. The fourth-order valence-corrected chi connectivity index (χ4v) is 34.8. The summed E-state index contributed by atoms with van der Waals surface area (Å²) in [6, 6.07) is 170. The smallest absolute Gasteiger partial charge is 0.0546 e. The van der Waals surface area contributed by atoms with Crippen LogP contribution in [0.1, 0.15) is 130 Å². The number of rotatable bonds is 11. The summed E-state index contributed by atoms with van der Waals surface area (Å²) < 4.78 is 2.44. The largest absolute Gasteiger partial charge is 0.310 e. The average Bonchev–Trinajstić information content (AvgIpc) is 1.51. The molecule has 0 amide bonds. The normalized spacial score (nSPS) is 24.4. The molecule has 0 atom stereocenters. The van der Waals surface area contributed by atoms with Gasteiger partial charge in [0.25, 0.3) is 0 Å². The Hall–Kier alpha value is -15.6. The van der Waals surface area contributed by atoms with Crippen LogP contribution in [0.3, 0.4) is 0 Å². The Balaban J connectivity index is 0.0000000985. The molecule has 15 aliphatic carbocycles. The number of hydrogen-bond acceptors (Lipinski definition) is 3. The molecule has 12 bridgehead atoms. The van der Waals surface area contributed by atoms with Gasteiger partial charge in [-0.2, -0.15) is 0 Å². The summed E-state index contributed by atoms with van der Waals surface area (Å²) in [5.41, 5.74) is 36.0. The molecule has 22 aromatic rings. The van der Waals surface area contributed by atoms with Crippen LogP contribution < -0.4 is 14.7 Å². The monoisotopic (exact) mass is 1900 g/mol. The van der Waals surface area contributed by atoms with E-state index >= 15 is 0 Å². The second-order valence-electron chi connectivity index (χ2n) is 46.4. The molecule has 21 aromatic carbocycles. The Morgan fingerprint density at radius 2 is 0.473 bits per heavy atom. The van der Waals surface area contributed by atoms with E-state index in [0.29, 0.717) is 0 Å². The lowest BCUT2D eigenvalue weighted by molar-refractivity contribution is -0.0399. The maximum absolute atomic E-state index is 2.56. The van der Waals surface area contributed by atoms with E-state index in [4.69, 9.17) is 0 Å². The minimum Gasteiger partial charge on any atom is -0.310 e. The predicted octanol–water partition coefficient (Wildman–Crippen LogP) is 38.3. The molecule has 0 N–H and O–H groups in total. The Labute approximate surface area is 866 Å². The zero-order valence-electron chi connectivity index (χ0n) is 83.5. The van der Waals surface area contributed by atoms with Gasteiger partial charge in [-0.1, -0.05) is 352 Å². The van der Waals surface area contributed by atoms with Crippen LogP contribution in [0.4, 0.5) is 51.2 Å². The van der Waals surface area contributed by atoms with Gasteiger partial charge < -0.3 is 19.3 Å². The summed E-state index contributed by atoms with van der Waals surface area (Å²) >= 11 is 0. The van der Waals surface area contributed by atoms with Gasteiger partial charge in [-0.3, -0.25) is 0 Å². The van der Waals surface area contributed by atoms with Crippen molar-refractivity contribution in [2.24, 2.45) is 71.0 Å². The third-order valence-electron chi connectivity index (χ3n) is 39.6. The van der Waals surface area contributed by atoms with E-state index < -0.39 is 0 Å². The first-order chi connectivity index (χ1) is 73.3. The van der Waals surface area contributed by atoms with Gasteiger partial charge in [-0.15, -0.1) is 0 Å². The van der Waals surface area contributed by atoms with Crippen LogP contribution in [0, 0.1) is 71.0 Å². The van der Waals surface area contributed by atoms with Crippen molar-refractivity contribution < 1.29 is 0 Å². The summed E-state index contributed by atoms with van der Waals surface area (Å²) in [5.74, 6) is 10.2. The lowest BCUT2D eigenvalue weighted by Crippen LogP contribution is -2.55. The van der Waals surface area contributed by atoms with Gasteiger partial charge >= 0.3 is 0 Å². The van der Waals surface area contributed by atoms with Crippen molar-refractivity contribution >= 4 is 138 Å². The van der Waals surface area contributed by atoms with Crippen molar-refractivity contribution in [1.29, 1.82) is 0 Å². The summed E-state index contributed by atoms with van der Waals surface area (Å²) in [6.07, 6.45) is 21.3. The number of para-hydroxylation sites is 2. The van der Waals surface area contributed by atoms with E-state index in [1.54, 1.807) is 33.4 Å². The molecule has 0 unspecified atom stereocenters. The van der Waals surface area contributed by atoms with Gasteiger partial charge in [-0.25, -0.2) is 0 Å².